The summed E-state index contributed by atoms with van der Waals surface area (Å²) in [6, 6.07) is -0.158. The molecule has 0 saturated carbocycles. The lowest BCUT2D eigenvalue weighted by Gasteiger charge is -2.04. The van der Waals surface area contributed by atoms with Gasteiger partial charge in [-0.1, -0.05) is 6.08 Å². The molecule has 0 aromatic carbocycles. The van der Waals surface area contributed by atoms with E-state index in [4.69, 9.17) is 5.41 Å². The number of rotatable bonds is 5. The van der Waals surface area contributed by atoms with Crippen molar-refractivity contribution in [2.75, 3.05) is 7.11 Å². The molecule has 0 spiro atoms. The van der Waals surface area contributed by atoms with Crippen molar-refractivity contribution in [1.82, 2.24) is 0 Å². The van der Waals surface area contributed by atoms with E-state index >= 15 is 0 Å². The van der Waals surface area contributed by atoms with Crippen molar-refractivity contribution in [2.45, 2.75) is 25.3 Å². The van der Waals surface area contributed by atoms with E-state index in [1.54, 1.807) is 6.08 Å². The van der Waals surface area contributed by atoms with Crippen LogP contribution in [-0.2, 0) is 14.3 Å². The molecule has 5 heteroatoms. The molecule has 1 aliphatic heterocycles. The fourth-order valence-electron chi connectivity index (χ4n) is 1.84. The number of hydrogen-bond acceptors (Lipinski definition) is 3. The summed E-state index contributed by atoms with van der Waals surface area (Å²) in [7, 11) is 1.21. The van der Waals surface area contributed by atoms with Gasteiger partial charge in [0.05, 0.1) is 13.5 Å². The predicted octanol–water partition coefficient (Wildman–Crippen LogP) is 0.673. The van der Waals surface area contributed by atoms with E-state index in [0.717, 1.165) is 6.42 Å². The lowest BCUT2D eigenvalue weighted by molar-refractivity contribution is -0.489. The number of Topliss-reactive ketones (excluding diaryl/α,β-unsaturated/α-hetero) is 1. The van der Waals surface area contributed by atoms with Gasteiger partial charge in [-0.25, -0.2) is 4.79 Å². The Morgan fingerprint density at radius 2 is 2.47 bits per heavy atom. The normalized spacial score (nSPS) is 18.9. The predicted molar refractivity (Wildman–Crippen MR) is 63.1 cm³/mol. The molecule has 1 aliphatic rings. The monoisotopic (exact) mass is 234 g/mol. The van der Waals surface area contributed by atoms with E-state index in [0.29, 0.717) is 6.42 Å². The molecule has 0 fully saturated rings. The first-order chi connectivity index (χ1) is 8.15. The average Bonchev–Trinajstić information content (AvgIpc) is 2.63. The molecule has 0 N–H and O–H groups in total. The van der Waals surface area contributed by atoms with Gasteiger partial charge in [0.1, 0.15) is 0 Å². The number of methoxy groups -OCH3 is 1. The zero-order valence-electron chi connectivity index (χ0n) is 9.68. The van der Waals surface area contributed by atoms with Gasteiger partial charge in [0, 0.05) is 6.42 Å². The number of allylic oxidation sites excluding steroid dienone is 1. The second-order valence-corrected chi connectivity index (χ2v) is 3.65. The zero-order chi connectivity index (χ0) is 12.8. The highest BCUT2D eigenvalue weighted by molar-refractivity contribution is 6.63. The van der Waals surface area contributed by atoms with Gasteiger partial charge in [-0.15, -0.1) is 6.58 Å². The minimum atomic E-state index is -0.692. The van der Waals surface area contributed by atoms with Crippen LogP contribution < -0.4 is 0 Å². The van der Waals surface area contributed by atoms with Crippen LogP contribution in [0.25, 0.3) is 5.41 Å². The summed E-state index contributed by atoms with van der Waals surface area (Å²) in [6.45, 7) is 3.60. The number of ketones is 1. The maximum Gasteiger partial charge on any atom is 0.407 e. The van der Waals surface area contributed by atoms with Gasteiger partial charge in [0.2, 0.25) is 5.78 Å². The Bertz CT molecular complexity index is 431. The highest BCUT2D eigenvalue weighted by Crippen LogP contribution is 2.16. The van der Waals surface area contributed by atoms with Crippen molar-refractivity contribution in [1.29, 1.82) is 0 Å². The van der Waals surface area contributed by atoms with Gasteiger partial charge in [-0.2, -0.15) is 10.4 Å². The lowest BCUT2D eigenvalue weighted by Crippen LogP contribution is -2.28. The Labute approximate surface area is 99.6 Å². The molecule has 5 nitrogen and oxygen atoms in total. The van der Waals surface area contributed by atoms with Crippen LogP contribution in [-0.4, -0.2) is 41.1 Å². The Morgan fingerprint density at radius 1 is 1.76 bits per heavy atom. The highest BCUT2D eigenvalue weighted by atomic mass is 16.5. The number of esters is 1. The van der Waals surface area contributed by atoms with Crippen molar-refractivity contribution >= 4 is 23.3 Å². The Balaban J connectivity index is 3.09. The number of hydrogen-bond donors (Lipinski definition) is 0. The minimum absolute atomic E-state index is 0.0527. The molecule has 0 aromatic rings. The van der Waals surface area contributed by atoms with Crippen LogP contribution >= 0.6 is 0 Å². The van der Waals surface area contributed by atoms with Gasteiger partial charge in [0.15, 0.2) is 12.2 Å². The first kappa shape index (κ1) is 13.1. The van der Waals surface area contributed by atoms with E-state index in [2.05, 4.69) is 11.3 Å². The first-order valence-corrected chi connectivity index (χ1v) is 5.26. The summed E-state index contributed by atoms with van der Waals surface area (Å²) in [4.78, 5) is 23.2. The smallest absolute Gasteiger partial charge is 0.407 e. The Morgan fingerprint density at radius 3 is 3.00 bits per heavy atom. The molecule has 0 aromatic heterocycles. The fourth-order valence-corrected chi connectivity index (χ4v) is 1.84. The molecular formula is C12H14N2O3. The van der Waals surface area contributed by atoms with Crippen molar-refractivity contribution in [2.24, 2.45) is 0 Å². The number of carbonyl (C=O) groups is 2. The third-order valence-corrected chi connectivity index (χ3v) is 2.62. The van der Waals surface area contributed by atoms with Crippen molar-refractivity contribution in [3.05, 3.63) is 24.3 Å². The van der Waals surface area contributed by atoms with Gasteiger partial charge < -0.3 is 10.1 Å². The largest absolute Gasteiger partial charge is 0.758 e. The van der Waals surface area contributed by atoms with Gasteiger partial charge in [0.25, 0.3) is 0 Å². The maximum atomic E-state index is 11.7. The van der Waals surface area contributed by atoms with Crippen LogP contribution in [0.15, 0.2) is 18.9 Å². The minimum Gasteiger partial charge on any atom is -0.758 e. The van der Waals surface area contributed by atoms with E-state index in [9.17, 15) is 9.59 Å². The molecule has 0 saturated heterocycles. The van der Waals surface area contributed by atoms with Gasteiger partial charge >= 0.3 is 11.7 Å². The number of nitrogens with zero attached hydrogens (tertiary/aromatic N) is 2. The molecular weight excluding hydrogens is 220 g/mol. The SMILES string of the molecule is C=CCC[C@@H]1CC(=O)C(C(=O)OC)=[N+]1C=C=[N-]. The second-order valence-electron chi connectivity index (χ2n) is 3.65. The molecule has 0 unspecified atom stereocenters. The molecule has 1 heterocycles. The van der Waals surface area contributed by atoms with Crippen molar-refractivity contribution < 1.29 is 18.9 Å². The van der Waals surface area contributed by atoms with E-state index in [-0.39, 0.29) is 24.0 Å². The molecule has 1 rings (SSSR count). The topological polar surface area (TPSA) is 68.7 Å². The molecule has 17 heavy (non-hydrogen) atoms. The van der Waals surface area contributed by atoms with E-state index in [1.165, 1.54) is 17.9 Å². The fraction of sp³-hybridized carbons (Fsp3) is 0.417. The Hall–Kier alpha value is -2.00. The van der Waals surface area contributed by atoms with E-state index < -0.39 is 5.97 Å². The summed E-state index contributed by atoms with van der Waals surface area (Å²) < 4.78 is 5.96. The third-order valence-electron chi connectivity index (χ3n) is 2.62. The standard InChI is InChI=1S/C12H14N2O3/c1-3-4-5-9-8-10(15)11(12(16)17-2)14(9)7-6-13/h3,7,9H,1,4-5,8H2,2H3/t9-/m1/s1. The van der Waals surface area contributed by atoms with Crippen molar-refractivity contribution in [3.8, 4) is 0 Å². The number of carbonyl (C=O) groups excluding carboxylic acids is 2. The average molecular weight is 234 g/mol. The van der Waals surface area contributed by atoms with Gasteiger partial charge in [-0.05, 0) is 6.42 Å². The molecule has 0 bridgehead atoms. The highest BCUT2D eigenvalue weighted by Gasteiger charge is 2.43. The maximum absolute atomic E-state index is 11.7. The van der Waals surface area contributed by atoms with E-state index in [1.807, 2.05) is 5.87 Å². The van der Waals surface area contributed by atoms with Crippen LogP contribution in [0.2, 0.25) is 0 Å². The van der Waals surface area contributed by atoms with Gasteiger partial charge in [-0.3, -0.25) is 4.79 Å². The Kier molecular flexibility index (Phi) is 4.55. The molecule has 0 aliphatic carbocycles. The summed E-state index contributed by atoms with van der Waals surface area (Å²) >= 11 is 0. The second kappa shape index (κ2) is 5.92. The molecule has 90 valence electrons. The lowest BCUT2D eigenvalue weighted by atomic mass is 10.1. The quantitative estimate of drug-likeness (QED) is 0.304. The summed E-state index contributed by atoms with van der Waals surface area (Å²) in [5, 5.41) is 8.68. The van der Waals surface area contributed by atoms with Crippen LogP contribution in [0, 0.1) is 0 Å². The van der Waals surface area contributed by atoms with Crippen LogP contribution in [0.1, 0.15) is 19.3 Å². The molecule has 1 atom stereocenters. The summed E-state index contributed by atoms with van der Waals surface area (Å²) in [5.74, 6) is 0.868. The summed E-state index contributed by atoms with van der Waals surface area (Å²) in [5.41, 5.74) is -0.0527. The zero-order valence-corrected chi connectivity index (χ0v) is 9.68. The third kappa shape index (κ3) is 2.77. The summed E-state index contributed by atoms with van der Waals surface area (Å²) in [6.07, 6.45) is 4.56. The molecule has 0 radical (unpaired) electrons. The first-order valence-electron chi connectivity index (χ1n) is 5.26. The molecule has 0 amide bonds. The van der Waals surface area contributed by atoms with Crippen LogP contribution in [0.5, 0.6) is 0 Å². The van der Waals surface area contributed by atoms with Crippen LogP contribution in [0.3, 0.4) is 0 Å². The van der Waals surface area contributed by atoms with Crippen LogP contribution in [0.4, 0.5) is 0 Å². The number of ether oxygens (including phenoxy) is 1. The van der Waals surface area contributed by atoms with Crippen molar-refractivity contribution in [3.63, 3.8) is 0 Å².